The van der Waals surface area contributed by atoms with E-state index in [0.717, 1.165) is 32.6 Å². The molecule has 0 aliphatic carbocycles. The summed E-state index contributed by atoms with van der Waals surface area (Å²) < 4.78 is 5.33. The minimum Gasteiger partial charge on any atom is -0.381 e. The second-order valence-corrected chi connectivity index (χ2v) is 4.46. The summed E-state index contributed by atoms with van der Waals surface area (Å²) >= 11 is 0. The highest BCUT2D eigenvalue weighted by atomic mass is 16.5. The fraction of sp³-hybridized carbons (Fsp3) is 1.00. The van der Waals surface area contributed by atoms with Gasteiger partial charge in [-0.3, -0.25) is 0 Å². The molecule has 0 amide bonds. The zero-order chi connectivity index (χ0) is 9.15. The van der Waals surface area contributed by atoms with Gasteiger partial charge in [0.05, 0.1) is 0 Å². The molecular weight excluding hydrogens is 164 g/mol. The molecule has 0 unspecified atom stereocenters. The minimum absolute atomic E-state index is 0.0442. The van der Waals surface area contributed by atoms with Crippen molar-refractivity contribution in [3.63, 3.8) is 0 Å². The van der Waals surface area contributed by atoms with Gasteiger partial charge in [-0.05, 0) is 38.8 Å². The van der Waals surface area contributed by atoms with E-state index in [9.17, 15) is 0 Å². The first kappa shape index (κ1) is 9.44. The highest BCUT2D eigenvalue weighted by molar-refractivity contribution is 4.90. The van der Waals surface area contributed by atoms with Crippen molar-refractivity contribution in [3.05, 3.63) is 0 Å². The Morgan fingerprint density at radius 3 is 2.38 bits per heavy atom. The van der Waals surface area contributed by atoms with Crippen LogP contribution < -0.4 is 5.73 Å². The van der Waals surface area contributed by atoms with E-state index in [2.05, 4.69) is 4.90 Å². The molecular formula is C10H20N2O. The fourth-order valence-electron chi connectivity index (χ4n) is 2.32. The normalized spacial score (nSPS) is 29.3. The molecule has 3 heteroatoms. The third kappa shape index (κ3) is 2.42. The molecule has 0 aromatic carbocycles. The van der Waals surface area contributed by atoms with Crippen LogP contribution in [0.25, 0.3) is 0 Å². The van der Waals surface area contributed by atoms with Crippen molar-refractivity contribution in [2.45, 2.75) is 31.2 Å². The van der Waals surface area contributed by atoms with Gasteiger partial charge in [-0.1, -0.05) is 0 Å². The first-order valence-corrected chi connectivity index (χ1v) is 5.38. The van der Waals surface area contributed by atoms with Crippen molar-refractivity contribution < 1.29 is 4.74 Å². The highest BCUT2D eigenvalue weighted by Crippen LogP contribution is 2.21. The summed E-state index contributed by atoms with van der Waals surface area (Å²) in [6.45, 7) is 5.28. The SMILES string of the molecule is NC1(CN2CCCC2)CCOCC1. The molecule has 0 bridgehead atoms. The molecule has 2 rings (SSSR count). The number of hydrogen-bond acceptors (Lipinski definition) is 3. The lowest BCUT2D eigenvalue weighted by Crippen LogP contribution is -2.52. The zero-order valence-electron chi connectivity index (χ0n) is 8.30. The molecule has 0 atom stereocenters. The van der Waals surface area contributed by atoms with Gasteiger partial charge in [-0.2, -0.15) is 0 Å². The van der Waals surface area contributed by atoms with Gasteiger partial charge in [0.15, 0.2) is 0 Å². The van der Waals surface area contributed by atoms with Gasteiger partial charge in [0.25, 0.3) is 0 Å². The van der Waals surface area contributed by atoms with Gasteiger partial charge < -0.3 is 15.4 Å². The number of likely N-dealkylation sites (tertiary alicyclic amines) is 1. The summed E-state index contributed by atoms with van der Waals surface area (Å²) in [5, 5.41) is 0. The molecule has 0 saturated carbocycles. The second kappa shape index (κ2) is 3.95. The fourth-order valence-corrected chi connectivity index (χ4v) is 2.32. The smallest absolute Gasteiger partial charge is 0.0484 e. The van der Waals surface area contributed by atoms with Gasteiger partial charge in [0.1, 0.15) is 0 Å². The Morgan fingerprint density at radius 1 is 1.15 bits per heavy atom. The number of nitrogens with zero attached hydrogens (tertiary/aromatic N) is 1. The third-order valence-corrected chi connectivity index (χ3v) is 3.23. The van der Waals surface area contributed by atoms with Gasteiger partial charge in [-0.15, -0.1) is 0 Å². The highest BCUT2D eigenvalue weighted by Gasteiger charge is 2.30. The predicted octanol–water partition coefficient (Wildman–Crippen LogP) is 0.590. The Labute approximate surface area is 80.2 Å². The van der Waals surface area contributed by atoms with Crippen LogP contribution >= 0.6 is 0 Å². The lowest BCUT2D eigenvalue weighted by molar-refractivity contribution is 0.0408. The van der Waals surface area contributed by atoms with E-state index in [1.807, 2.05) is 0 Å². The molecule has 2 aliphatic rings. The number of hydrogen-bond donors (Lipinski definition) is 1. The average Bonchev–Trinajstić information content (AvgIpc) is 2.57. The van der Waals surface area contributed by atoms with Crippen molar-refractivity contribution in [1.29, 1.82) is 0 Å². The largest absolute Gasteiger partial charge is 0.381 e. The summed E-state index contributed by atoms with van der Waals surface area (Å²) in [7, 11) is 0. The van der Waals surface area contributed by atoms with Crippen LogP contribution in [0.3, 0.4) is 0 Å². The molecule has 2 N–H and O–H groups in total. The topological polar surface area (TPSA) is 38.5 Å². The van der Waals surface area contributed by atoms with Crippen LogP contribution in [0.4, 0.5) is 0 Å². The first-order valence-electron chi connectivity index (χ1n) is 5.38. The van der Waals surface area contributed by atoms with E-state index in [4.69, 9.17) is 10.5 Å². The number of rotatable bonds is 2. The number of nitrogens with two attached hydrogens (primary N) is 1. The summed E-state index contributed by atoms with van der Waals surface area (Å²) in [5.41, 5.74) is 6.36. The Kier molecular flexibility index (Phi) is 2.86. The molecule has 2 fully saturated rings. The minimum atomic E-state index is 0.0442. The maximum Gasteiger partial charge on any atom is 0.0484 e. The first-order chi connectivity index (χ1) is 6.29. The maximum absolute atomic E-state index is 6.32. The molecule has 2 aliphatic heterocycles. The van der Waals surface area contributed by atoms with Crippen molar-refractivity contribution >= 4 is 0 Å². The van der Waals surface area contributed by atoms with Gasteiger partial charge in [0.2, 0.25) is 0 Å². The summed E-state index contributed by atoms with van der Waals surface area (Å²) in [6.07, 6.45) is 4.77. The second-order valence-electron chi connectivity index (χ2n) is 4.46. The molecule has 13 heavy (non-hydrogen) atoms. The van der Waals surface area contributed by atoms with Gasteiger partial charge >= 0.3 is 0 Å². The Morgan fingerprint density at radius 2 is 1.77 bits per heavy atom. The number of ether oxygens (including phenoxy) is 1. The summed E-state index contributed by atoms with van der Waals surface area (Å²) in [6, 6.07) is 0. The van der Waals surface area contributed by atoms with E-state index in [-0.39, 0.29) is 5.54 Å². The van der Waals surface area contributed by atoms with Crippen molar-refractivity contribution in [2.24, 2.45) is 5.73 Å². The lowest BCUT2D eigenvalue weighted by atomic mass is 9.91. The monoisotopic (exact) mass is 184 g/mol. The van der Waals surface area contributed by atoms with Crippen LogP contribution in [0.15, 0.2) is 0 Å². The molecule has 0 spiro atoms. The lowest BCUT2D eigenvalue weighted by Gasteiger charge is -2.36. The van der Waals surface area contributed by atoms with E-state index in [1.165, 1.54) is 25.9 Å². The Hall–Kier alpha value is -0.120. The molecule has 76 valence electrons. The summed E-state index contributed by atoms with van der Waals surface area (Å²) in [4.78, 5) is 2.51. The maximum atomic E-state index is 6.32. The van der Waals surface area contributed by atoms with Crippen molar-refractivity contribution in [1.82, 2.24) is 4.90 Å². The van der Waals surface area contributed by atoms with Crippen LogP contribution in [0.5, 0.6) is 0 Å². The van der Waals surface area contributed by atoms with E-state index in [1.54, 1.807) is 0 Å². The van der Waals surface area contributed by atoms with Crippen LogP contribution in [0.1, 0.15) is 25.7 Å². The molecule has 2 saturated heterocycles. The molecule has 2 heterocycles. The van der Waals surface area contributed by atoms with Crippen LogP contribution in [0.2, 0.25) is 0 Å². The molecule has 0 aromatic heterocycles. The van der Waals surface area contributed by atoms with Gasteiger partial charge in [0, 0.05) is 25.3 Å². The van der Waals surface area contributed by atoms with Crippen LogP contribution in [0, 0.1) is 0 Å². The average molecular weight is 184 g/mol. The van der Waals surface area contributed by atoms with Crippen LogP contribution in [-0.2, 0) is 4.74 Å². The standard InChI is InChI=1S/C10H20N2O/c11-10(3-7-13-8-4-10)9-12-5-1-2-6-12/h1-9,11H2. The zero-order valence-corrected chi connectivity index (χ0v) is 8.30. The Bertz CT molecular complexity index is 160. The quantitative estimate of drug-likeness (QED) is 0.682. The predicted molar refractivity (Wildman–Crippen MR) is 52.6 cm³/mol. The van der Waals surface area contributed by atoms with Crippen molar-refractivity contribution in [2.75, 3.05) is 32.8 Å². The van der Waals surface area contributed by atoms with Gasteiger partial charge in [-0.25, -0.2) is 0 Å². The van der Waals surface area contributed by atoms with Crippen molar-refractivity contribution in [3.8, 4) is 0 Å². The van der Waals surface area contributed by atoms with E-state index in [0.29, 0.717) is 0 Å². The Balaban J connectivity index is 1.83. The molecule has 0 radical (unpaired) electrons. The summed E-state index contributed by atoms with van der Waals surface area (Å²) in [5.74, 6) is 0. The molecule has 0 aromatic rings. The van der Waals surface area contributed by atoms with E-state index >= 15 is 0 Å². The van der Waals surface area contributed by atoms with E-state index < -0.39 is 0 Å². The van der Waals surface area contributed by atoms with Crippen LogP contribution in [-0.4, -0.2) is 43.3 Å². The third-order valence-electron chi connectivity index (χ3n) is 3.23. The molecule has 3 nitrogen and oxygen atoms in total.